The SMILES string of the molecule is CC(C)[C@@H]1CC[C@@H](C)C[C@H]1OC(=O)c1cccc(C#N)c1. The maximum atomic E-state index is 12.3. The molecule has 0 unspecified atom stereocenters. The van der Waals surface area contributed by atoms with Gasteiger partial charge in [-0.2, -0.15) is 5.26 Å². The first-order valence-electron chi connectivity index (χ1n) is 7.72. The molecule has 0 radical (unpaired) electrons. The molecule has 1 saturated carbocycles. The summed E-state index contributed by atoms with van der Waals surface area (Å²) < 4.78 is 5.77. The molecule has 3 heteroatoms. The van der Waals surface area contributed by atoms with Crippen LogP contribution in [-0.2, 0) is 4.74 Å². The van der Waals surface area contributed by atoms with Crippen molar-refractivity contribution in [3.8, 4) is 6.07 Å². The molecule has 0 aliphatic heterocycles. The van der Waals surface area contributed by atoms with Gasteiger partial charge in [0.1, 0.15) is 6.10 Å². The van der Waals surface area contributed by atoms with Crippen molar-refractivity contribution in [2.45, 2.75) is 46.1 Å². The lowest BCUT2D eigenvalue weighted by Crippen LogP contribution is -2.35. The molecule has 1 aromatic carbocycles. The Kier molecular flexibility index (Phi) is 5.01. The predicted octanol–water partition coefficient (Wildman–Crippen LogP) is 4.18. The third-order valence-corrected chi connectivity index (χ3v) is 4.45. The van der Waals surface area contributed by atoms with Crippen LogP contribution in [0, 0.1) is 29.1 Å². The molecular weight excluding hydrogens is 262 g/mol. The van der Waals surface area contributed by atoms with E-state index in [0.717, 1.165) is 12.8 Å². The topological polar surface area (TPSA) is 50.1 Å². The minimum Gasteiger partial charge on any atom is -0.458 e. The zero-order valence-electron chi connectivity index (χ0n) is 13.0. The molecule has 0 heterocycles. The third kappa shape index (κ3) is 3.85. The highest BCUT2D eigenvalue weighted by molar-refractivity contribution is 5.89. The Morgan fingerprint density at radius 2 is 2.14 bits per heavy atom. The van der Waals surface area contributed by atoms with Gasteiger partial charge in [-0.15, -0.1) is 0 Å². The van der Waals surface area contributed by atoms with E-state index in [0.29, 0.717) is 28.9 Å². The van der Waals surface area contributed by atoms with Gasteiger partial charge >= 0.3 is 5.97 Å². The molecule has 0 bridgehead atoms. The lowest BCUT2D eigenvalue weighted by Gasteiger charge is -2.36. The first-order valence-corrected chi connectivity index (χ1v) is 7.72. The Hall–Kier alpha value is -1.82. The van der Waals surface area contributed by atoms with Gasteiger partial charge < -0.3 is 4.74 Å². The summed E-state index contributed by atoms with van der Waals surface area (Å²) in [6, 6.07) is 8.77. The van der Waals surface area contributed by atoms with Crippen LogP contribution < -0.4 is 0 Å². The molecule has 0 saturated heterocycles. The number of ether oxygens (including phenoxy) is 1. The van der Waals surface area contributed by atoms with Crippen LogP contribution in [0.25, 0.3) is 0 Å². The molecular formula is C18H23NO2. The third-order valence-electron chi connectivity index (χ3n) is 4.45. The van der Waals surface area contributed by atoms with Gasteiger partial charge in [0.05, 0.1) is 17.2 Å². The summed E-state index contributed by atoms with van der Waals surface area (Å²) in [6.07, 6.45) is 3.26. The second kappa shape index (κ2) is 6.76. The van der Waals surface area contributed by atoms with Crippen molar-refractivity contribution in [2.75, 3.05) is 0 Å². The maximum Gasteiger partial charge on any atom is 0.338 e. The van der Waals surface area contributed by atoms with Crippen LogP contribution in [0.5, 0.6) is 0 Å². The van der Waals surface area contributed by atoms with Crippen LogP contribution in [0.1, 0.15) is 56.0 Å². The standard InChI is InChI=1S/C18H23NO2/c1-12(2)16-8-7-13(3)9-17(16)21-18(20)15-6-4-5-14(10-15)11-19/h4-6,10,12-13,16-17H,7-9H2,1-3H3/t13-,16+,17-/m1/s1. The molecule has 0 spiro atoms. The Labute approximate surface area is 126 Å². The van der Waals surface area contributed by atoms with Gasteiger partial charge in [-0.05, 0) is 48.8 Å². The highest BCUT2D eigenvalue weighted by Gasteiger charge is 2.33. The number of benzene rings is 1. The van der Waals surface area contributed by atoms with Gasteiger partial charge in [0.2, 0.25) is 0 Å². The van der Waals surface area contributed by atoms with E-state index in [1.165, 1.54) is 6.42 Å². The van der Waals surface area contributed by atoms with E-state index in [4.69, 9.17) is 10.00 Å². The van der Waals surface area contributed by atoms with E-state index in [1.54, 1.807) is 24.3 Å². The fraction of sp³-hybridized carbons (Fsp3) is 0.556. The van der Waals surface area contributed by atoms with E-state index in [2.05, 4.69) is 26.8 Å². The molecule has 2 rings (SSSR count). The number of hydrogen-bond donors (Lipinski definition) is 0. The number of esters is 1. The fourth-order valence-electron chi connectivity index (χ4n) is 3.17. The van der Waals surface area contributed by atoms with Crippen LogP contribution >= 0.6 is 0 Å². The molecule has 0 aromatic heterocycles. The van der Waals surface area contributed by atoms with Crippen LogP contribution in [0.2, 0.25) is 0 Å². The molecule has 1 aliphatic carbocycles. The average molecular weight is 285 g/mol. The Morgan fingerprint density at radius 3 is 2.81 bits per heavy atom. The number of nitrogens with zero attached hydrogens (tertiary/aromatic N) is 1. The molecule has 112 valence electrons. The summed E-state index contributed by atoms with van der Waals surface area (Å²) in [5.74, 6) is 1.24. The zero-order chi connectivity index (χ0) is 15.4. The second-order valence-electron chi connectivity index (χ2n) is 6.46. The van der Waals surface area contributed by atoms with E-state index >= 15 is 0 Å². The Balaban J connectivity index is 2.10. The normalized spacial score (nSPS) is 25.4. The van der Waals surface area contributed by atoms with Crippen molar-refractivity contribution < 1.29 is 9.53 Å². The lowest BCUT2D eigenvalue weighted by atomic mass is 9.75. The smallest absolute Gasteiger partial charge is 0.338 e. The molecule has 3 nitrogen and oxygen atoms in total. The molecule has 0 amide bonds. The summed E-state index contributed by atoms with van der Waals surface area (Å²) in [6.45, 7) is 6.60. The largest absolute Gasteiger partial charge is 0.458 e. The van der Waals surface area contributed by atoms with Gasteiger partial charge in [-0.3, -0.25) is 0 Å². The summed E-state index contributed by atoms with van der Waals surface area (Å²) in [5, 5.41) is 8.91. The van der Waals surface area contributed by atoms with E-state index in [9.17, 15) is 4.79 Å². The quantitative estimate of drug-likeness (QED) is 0.783. The molecule has 0 N–H and O–H groups in total. The summed E-state index contributed by atoms with van der Waals surface area (Å²) in [4.78, 5) is 12.3. The monoisotopic (exact) mass is 285 g/mol. The van der Waals surface area contributed by atoms with Crippen molar-refractivity contribution in [2.24, 2.45) is 17.8 Å². The van der Waals surface area contributed by atoms with Crippen LogP contribution in [-0.4, -0.2) is 12.1 Å². The van der Waals surface area contributed by atoms with Crippen LogP contribution in [0.15, 0.2) is 24.3 Å². The highest BCUT2D eigenvalue weighted by atomic mass is 16.5. The van der Waals surface area contributed by atoms with Crippen molar-refractivity contribution >= 4 is 5.97 Å². The van der Waals surface area contributed by atoms with Crippen molar-refractivity contribution in [1.82, 2.24) is 0 Å². The number of carbonyl (C=O) groups is 1. The van der Waals surface area contributed by atoms with Gasteiger partial charge in [0, 0.05) is 0 Å². The predicted molar refractivity (Wildman–Crippen MR) is 81.7 cm³/mol. The minimum absolute atomic E-state index is 0.00741. The fourth-order valence-corrected chi connectivity index (χ4v) is 3.17. The van der Waals surface area contributed by atoms with Crippen LogP contribution in [0.4, 0.5) is 0 Å². The molecule has 1 fully saturated rings. The first kappa shape index (κ1) is 15.6. The first-order chi connectivity index (χ1) is 10.0. The molecule has 1 aromatic rings. The van der Waals surface area contributed by atoms with E-state index < -0.39 is 0 Å². The number of carbonyl (C=O) groups excluding carboxylic acids is 1. The molecule has 21 heavy (non-hydrogen) atoms. The number of rotatable bonds is 3. The van der Waals surface area contributed by atoms with E-state index in [-0.39, 0.29) is 12.1 Å². The number of nitriles is 1. The highest BCUT2D eigenvalue weighted by Crippen LogP contribution is 2.35. The summed E-state index contributed by atoms with van der Waals surface area (Å²) in [7, 11) is 0. The number of hydrogen-bond acceptors (Lipinski definition) is 3. The van der Waals surface area contributed by atoms with Crippen molar-refractivity contribution in [1.29, 1.82) is 5.26 Å². The Bertz CT molecular complexity index is 544. The van der Waals surface area contributed by atoms with Crippen LogP contribution in [0.3, 0.4) is 0 Å². The minimum atomic E-state index is -0.308. The van der Waals surface area contributed by atoms with Gasteiger partial charge in [0.15, 0.2) is 0 Å². The van der Waals surface area contributed by atoms with Crippen molar-refractivity contribution in [3.05, 3.63) is 35.4 Å². The molecule has 1 aliphatic rings. The zero-order valence-corrected chi connectivity index (χ0v) is 13.0. The molecule has 3 atom stereocenters. The lowest BCUT2D eigenvalue weighted by molar-refractivity contribution is -0.0174. The second-order valence-corrected chi connectivity index (χ2v) is 6.46. The van der Waals surface area contributed by atoms with E-state index in [1.807, 2.05) is 0 Å². The maximum absolute atomic E-state index is 12.3. The summed E-state index contributed by atoms with van der Waals surface area (Å²) >= 11 is 0. The average Bonchev–Trinajstić information content (AvgIpc) is 2.47. The summed E-state index contributed by atoms with van der Waals surface area (Å²) in [5.41, 5.74) is 0.955. The van der Waals surface area contributed by atoms with Gasteiger partial charge in [-0.25, -0.2) is 4.79 Å². The van der Waals surface area contributed by atoms with Crippen molar-refractivity contribution in [3.63, 3.8) is 0 Å². The van der Waals surface area contributed by atoms with Gasteiger partial charge in [-0.1, -0.05) is 33.3 Å². The Morgan fingerprint density at radius 1 is 1.38 bits per heavy atom. The van der Waals surface area contributed by atoms with Gasteiger partial charge in [0.25, 0.3) is 0 Å².